The number of hydrogen-bond donors (Lipinski definition) is 1. The van der Waals surface area contributed by atoms with Crippen LogP contribution in [-0.4, -0.2) is 40.7 Å². The van der Waals surface area contributed by atoms with Gasteiger partial charge in [0.1, 0.15) is 5.01 Å². The standard InChI is InChI=1S/C17H18N2O4S/c1-23-16(20)12-6-4-5-11(9-12)15-18-13(10-24-15)14-7-2-3-8-19(14)17(21)22/h4-6,9-10,14H,2-3,7-8H2,1H3,(H,21,22)/t14-/m1/s1. The number of rotatable bonds is 3. The van der Waals surface area contributed by atoms with E-state index in [0.717, 1.165) is 35.5 Å². The van der Waals surface area contributed by atoms with Crippen LogP contribution < -0.4 is 0 Å². The minimum atomic E-state index is -0.901. The molecule has 6 nitrogen and oxygen atoms in total. The number of aromatic nitrogens is 1. The molecule has 0 unspecified atom stereocenters. The van der Waals surface area contributed by atoms with Crippen LogP contribution >= 0.6 is 11.3 Å². The third-order valence-corrected chi connectivity index (χ3v) is 5.05. The van der Waals surface area contributed by atoms with Crippen LogP contribution in [0.15, 0.2) is 29.6 Å². The minimum absolute atomic E-state index is 0.190. The van der Waals surface area contributed by atoms with Gasteiger partial charge in [-0.25, -0.2) is 14.6 Å². The zero-order chi connectivity index (χ0) is 17.1. The maximum Gasteiger partial charge on any atom is 0.407 e. The van der Waals surface area contributed by atoms with Crippen molar-refractivity contribution < 1.29 is 19.4 Å². The number of methoxy groups -OCH3 is 1. The molecule has 1 N–H and O–H groups in total. The lowest BCUT2D eigenvalue weighted by atomic mass is 10.0. The smallest absolute Gasteiger partial charge is 0.407 e. The van der Waals surface area contributed by atoms with Crippen LogP contribution in [0, 0.1) is 0 Å². The van der Waals surface area contributed by atoms with Crippen molar-refractivity contribution in [1.29, 1.82) is 0 Å². The van der Waals surface area contributed by atoms with E-state index in [1.165, 1.54) is 23.3 Å². The molecular formula is C17H18N2O4S. The van der Waals surface area contributed by atoms with Crippen LogP contribution in [0.5, 0.6) is 0 Å². The molecular weight excluding hydrogens is 328 g/mol. The highest BCUT2D eigenvalue weighted by Crippen LogP contribution is 2.34. The molecule has 2 aromatic rings. The second-order valence-electron chi connectivity index (χ2n) is 5.64. The van der Waals surface area contributed by atoms with E-state index in [-0.39, 0.29) is 6.04 Å². The van der Waals surface area contributed by atoms with Crippen molar-refractivity contribution in [2.24, 2.45) is 0 Å². The largest absolute Gasteiger partial charge is 0.465 e. The lowest BCUT2D eigenvalue weighted by Gasteiger charge is -2.32. The summed E-state index contributed by atoms with van der Waals surface area (Å²) in [6.07, 6.45) is 1.78. The number of amides is 1. The second-order valence-corrected chi connectivity index (χ2v) is 6.50. The van der Waals surface area contributed by atoms with Crippen LogP contribution in [0.1, 0.15) is 41.4 Å². The molecule has 1 aliphatic rings. The van der Waals surface area contributed by atoms with Crippen molar-refractivity contribution >= 4 is 23.4 Å². The van der Waals surface area contributed by atoms with E-state index in [0.29, 0.717) is 12.1 Å². The first-order valence-corrected chi connectivity index (χ1v) is 8.62. The first-order chi connectivity index (χ1) is 11.6. The highest BCUT2D eigenvalue weighted by Gasteiger charge is 2.29. The lowest BCUT2D eigenvalue weighted by molar-refractivity contribution is 0.0600. The topological polar surface area (TPSA) is 79.7 Å². The Hall–Kier alpha value is -2.41. The van der Waals surface area contributed by atoms with Gasteiger partial charge in [0, 0.05) is 17.5 Å². The van der Waals surface area contributed by atoms with Crippen molar-refractivity contribution in [2.75, 3.05) is 13.7 Å². The summed E-state index contributed by atoms with van der Waals surface area (Å²) in [5.74, 6) is -0.391. The summed E-state index contributed by atoms with van der Waals surface area (Å²) in [5, 5.41) is 12.0. The van der Waals surface area contributed by atoms with Crippen LogP contribution in [0.3, 0.4) is 0 Å². The first-order valence-electron chi connectivity index (χ1n) is 7.74. The van der Waals surface area contributed by atoms with Gasteiger partial charge in [-0.2, -0.15) is 0 Å². The molecule has 24 heavy (non-hydrogen) atoms. The Balaban J connectivity index is 1.88. The molecule has 0 aliphatic carbocycles. The van der Waals surface area contributed by atoms with Gasteiger partial charge in [0.25, 0.3) is 0 Å². The van der Waals surface area contributed by atoms with E-state index in [9.17, 15) is 14.7 Å². The Bertz CT molecular complexity index is 759. The van der Waals surface area contributed by atoms with Crippen molar-refractivity contribution in [3.63, 3.8) is 0 Å². The zero-order valence-electron chi connectivity index (χ0n) is 13.3. The SMILES string of the molecule is COC(=O)c1cccc(-c2nc([C@H]3CCCCN3C(=O)O)cs2)c1. The first kappa shape index (κ1) is 16.4. The van der Waals surface area contributed by atoms with Gasteiger partial charge in [-0.15, -0.1) is 11.3 Å². The number of esters is 1. The van der Waals surface area contributed by atoms with Crippen LogP contribution in [0.25, 0.3) is 10.6 Å². The highest BCUT2D eigenvalue weighted by molar-refractivity contribution is 7.13. The number of thiazole rings is 1. The molecule has 3 rings (SSSR count). The summed E-state index contributed by atoms with van der Waals surface area (Å²) in [7, 11) is 1.35. The fraction of sp³-hybridized carbons (Fsp3) is 0.353. The molecule has 1 aliphatic heterocycles. The molecule has 0 bridgehead atoms. The van der Waals surface area contributed by atoms with Crippen LogP contribution in [-0.2, 0) is 4.74 Å². The minimum Gasteiger partial charge on any atom is -0.465 e. The average Bonchev–Trinajstić information content (AvgIpc) is 3.11. The van der Waals surface area contributed by atoms with E-state index < -0.39 is 12.1 Å². The molecule has 1 saturated heterocycles. The number of piperidine rings is 1. The summed E-state index contributed by atoms with van der Waals surface area (Å²) < 4.78 is 4.74. The third kappa shape index (κ3) is 3.26. The van der Waals surface area contributed by atoms with Gasteiger partial charge < -0.3 is 9.84 Å². The number of benzene rings is 1. The monoisotopic (exact) mass is 346 g/mol. The van der Waals surface area contributed by atoms with E-state index in [4.69, 9.17) is 4.74 Å². The summed E-state index contributed by atoms with van der Waals surface area (Å²) in [6, 6.07) is 6.91. The van der Waals surface area contributed by atoms with Crippen molar-refractivity contribution in [3.05, 3.63) is 40.9 Å². The predicted molar refractivity (Wildman–Crippen MR) is 90.2 cm³/mol. The fourth-order valence-corrected chi connectivity index (χ4v) is 3.80. The predicted octanol–water partition coefficient (Wildman–Crippen LogP) is 3.80. The normalized spacial score (nSPS) is 17.5. The van der Waals surface area contributed by atoms with E-state index >= 15 is 0 Å². The summed E-state index contributed by atoms with van der Waals surface area (Å²) >= 11 is 1.46. The molecule has 0 radical (unpaired) electrons. The summed E-state index contributed by atoms with van der Waals surface area (Å²) in [5.41, 5.74) is 2.07. The zero-order valence-corrected chi connectivity index (χ0v) is 14.1. The Morgan fingerprint density at radius 1 is 1.38 bits per heavy atom. The van der Waals surface area contributed by atoms with Gasteiger partial charge in [0.15, 0.2) is 0 Å². The van der Waals surface area contributed by atoms with Gasteiger partial charge in [-0.05, 0) is 31.4 Å². The maximum absolute atomic E-state index is 11.7. The fourth-order valence-electron chi connectivity index (χ4n) is 2.94. The maximum atomic E-state index is 11.7. The molecule has 1 fully saturated rings. The molecule has 7 heteroatoms. The van der Waals surface area contributed by atoms with Gasteiger partial charge in [-0.3, -0.25) is 4.90 Å². The van der Waals surface area contributed by atoms with E-state index in [1.54, 1.807) is 18.2 Å². The van der Waals surface area contributed by atoms with Crippen LogP contribution in [0.4, 0.5) is 4.79 Å². The molecule has 0 spiro atoms. The third-order valence-electron chi connectivity index (χ3n) is 4.14. The quantitative estimate of drug-likeness (QED) is 0.855. The van der Waals surface area contributed by atoms with Gasteiger partial charge in [0.05, 0.1) is 24.4 Å². The lowest BCUT2D eigenvalue weighted by Crippen LogP contribution is -2.37. The van der Waals surface area contributed by atoms with Crippen molar-refractivity contribution in [2.45, 2.75) is 25.3 Å². The van der Waals surface area contributed by atoms with Gasteiger partial charge in [-0.1, -0.05) is 12.1 Å². The summed E-state index contributed by atoms with van der Waals surface area (Å²) in [6.45, 7) is 0.546. The molecule has 1 amide bonds. The van der Waals surface area contributed by atoms with E-state index in [2.05, 4.69) is 4.98 Å². The number of nitrogens with zero attached hydrogens (tertiary/aromatic N) is 2. The van der Waals surface area contributed by atoms with E-state index in [1.807, 2.05) is 11.4 Å². The number of likely N-dealkylation sites (tertiary alicyclic amines) is 1. The average molecular weight is 346 g/mol. The Morgan fingerprint density at radius 2 is 2.21 bits per heavy atom. The highest BCUT2D eigenvalue weighted by atomic mass is 32.1. The van der Waals surface area contributed by atoms with Gasteiger partial charge >= 0.3 is 12.1 Å². The van der Waals surface area contributed by atoms with Crippen molar-refractivity contribution in [1.82, 2.24) is 9.88 Å². The van der Waals surface area contributed by atoms with Crippen molar-refractivity contribution in [3.8, 4) is 10.6 Å². The number of carbonyl (C=O) groups excluding carboxylic acids is 1. The Labute approximate surface area is 143 Å². The van der Waals surface area contributed by atoms with Crippen LogP contribution in [0.2, 0.25) is 0 Å². The molecule has 126 valence electrons. The summed E-state index contributed by atoms with van der Waals surface area (Å²) in [4.78, 5) is 29.2. The molecule has 1 atom stereocenters. The Kier molecular flexibility index (Phi) is 4.80. The number of hydrogen-bond acceptors (Lipinski definition) is 5. The van der Waals surface area contributed by atoms with Gasteiger partial charge in [0.2, 0.25) is 0 Å². The number of ether oxygens (including phenoxy) is 1. The molecule has 1 aromatic carbocycles. The molecule has 1 aromatic heterocycles. The number of carbonyl (C=O) groups is 2. The number of carboxylic acid groups (broad SMARTS) is 1. The Morgan fingerprint density at radius 3 is 2.96 bits per heavy atom. The molecule has 0 saturated carbocycles. The second kappa shape index (κ2) is 7.00. The molecule has 2 heterocycles.